The number of rotatable bonds is 5. The fraction of sp³-hybridized carbons (Fsp3) is 0.409. The van der Waals surface area contributed by atoms with E-state index in [4.69, 9.17) is 0 Å². The van der Waals surface area contributed by atoms with Gasteiger partial charge in [-0.3, -0.25) is 4.79 Å². The number of hydrogen-bond donors (Lipinski definition) is 1. The Labute approximate surface area is 167 Å². The Balaban J connectivity index is 1.70. The van der Waals surface area contributed by atoms with Crippen LogP contribution >= 0.6 is 0 Å². The molecule has 1 aliphatic heterocycles. The number of sulfonamides is 1. The van der Waals surface area contributed by atoms with Crippen molar-refractivity contribution in [2.75, 3.05) is 18.4 Å². The summed E-state index contributed by atoms with van der Waals surface area (Å²) in [5.41, 5.74) is 4.72. The first kappa shape index (κ1) is 20.6. The Morgan fingerprint density at radius 3 is 2.54 bits per heavy atom. The zero-order valence-corrected chi connectivity index (χ0v) is 17.6. The average Bonchev–Trinajstić information content (AvgIpc) is 2.67. The fourth-order valence-corrected chi connectivity index (χ4v) is 5.30. The lowest BCUT2D eigenvalue weighted by atomic mass is 9.98. The third-order valence-electron chi connectivity index (χ3n) is 5.61. The SMILES string of the molecule is Cc1ccccc1CS(=O)(=O)N1CCC[C@@H](C(=O)Nc2cccc(C)c2C)C1. The maximum absolute atomic E-state index is 12.9. The van der Waals surface area contributed by atoms with Crippen LogP contribution in [0.4, 0.5) is 5.69 Å². The summed E-state index contributed by atoms with van der Waals surface area (Å²) in [5.74, 6) is -0.463. The Morgan fingerprint density at radius 2 is 1.79 bits per heavy atom. The highest BCUT2D eigenvalue weighted by Gasteiger charge is 2.32. The zero-order valence-electron chi connectivity index (χ0n) is 16.7. The molecule has 0 spiro atoms. The van der Waals surface area contributed by atoms with E-state index in [9.17, 15) is 13.2 Å². The first-order chi connectivity index (χ1) is 13.3. The van der Waals surface area contributed by atoms with Gasteiger partial charge in [-0.05, 0) is 61.9 Å². The van der Waals surface area contributed by atoms with Crippen molar-refractivity contribution in [3.63, 3.8) is 0 Å². The Hall–Kier alpha value is -2.18. The van der Waals surface area contributed by atoms with Gasteiger partial charge in [0.1, 0.15) is 0 Å². The van der Waals surface area contributed by atoms with Crippen molar-refractivity contribution in [1.82, 2.24) is 4.31 Å². The second-order valence-electron chi connectivity index (χ2n) is 7.62. The van der Waals surface area contributed by atoms with Gasteiger partial charge in [0.05, 0.1) is 11.7 Å². The maximum atomic E-state index is 12.9. The molecule has 0 aromatic heterocycles. The minimum Gasteiger partial charge on any atom is -0.326 e. The minimum atomic E-state index is -3.46. The molecule has 2 aromatic rings. The molecule has 1 saturated heterocycles. The molecule has 2 aromatic carbocycles. The molecule has 28 heavy (non-hydrogen) atoms. The van der Waals surface area contributed by atoms with Crippen molar-refractivity contribution < 1.29 is 13.2 Å². The number of carbonyl (C=O) groups is 1. The number of nitrogens with zero attached hydrogens (tertiary/aromatic N) is 1. The van der Waals surface area contributed by atoms with Crippen LogP contribution in [0, 0.1) is 26.7 Å². The van der Waals surface area contributed by atoms with Gasteiger partial charge in [0.25, 0.3) is 0 Å². The van der Waals surface area contributed by atoms with Crippen LogP contribution in [0.5, 0.6) is 0 Å². The normalized spacial score (nSPS) is 18.0. The van der Waals surface area contributed by atoms with E-state index in [1.165, 1.54) is 4.31 Å². The second kappa shape index (κ2) is 8.45. The van der Waals surface area contributed by atoms with E-state index in [1.54, 1.807) is 0 Å². The lowest BCUT2D eigenvalue weighted by molar-refractivity contribution is -0.120. The van der Waals surface area contributed by atoms with Crippen LogP contribution in [0.25, 0.3) is 0 Å². The third-order valence-corrected chi connectivity index (χ3v) is 7.40. The summed E-state index contributed by atoms with van der Waals surface area (Å²) in [6, 6.07) is 13.3. The summed E-state index contributed by atoms with van der Waals surface area (Å²) in [7, 11) is -3.46. The number of nitrogens with one attached hydrogen (secondary N) is 1. The van der Waals surface area contributed by atoms with Crippen LogP contribution in [0.3, 0.4) is 0 Å². The van der Waals surface area contributed by atoms with Crippen LogP contribution in [-0.4, -0.2) is 31.7 Å². The highest BCUT2D eigenvalue weighted by Crippen LogP contribution is 2.25. The molecule has 0 aliphatic carbocycles. The molecule has 1 N–H and O–H groups in total. The van der Waals surface area contributed by atoms with Crippen molar-refractivity contribution in [2.24, 2.45) is 5.92 Å². The van der Waals surface area contributed by atoms with E-state index >= 15 is 0 Å². The average molecular weight is 401 g/mol. The molecule has 150 valence electrons. The monoisotopic (exact) mass is 400 g/mol. The summed E-state index contributed by atoms with van der Waals surface area (Å²) >= 11 is 0. The molecular formula is C22H28N2O3S. The quantitative estimate of drug-likeness (QED) is 0.830. The third kappa shape index (κ3) is 4.62. The molecule has 5 nitrogen and oxygen atoms in total. The molecule has 6 heteroatoms. The second-order valence-corrected chi connectivity index (χ2v) is 9.59. The van der Waals surface area contributed by atoms with Gasteiger partial charge < -0.3 is 5.32 Å². The van der Waals surface area contributed by atoms with Crippen molar-refractivity contribution in [2.45, 2.75) is 39.4 Å². The lowest BCUT2D eigenvalue weighted by Gasteiger charge is -2.31. The molecule has 1 heterocycles. The van der Waals surface area contributed by atoms with E-state index in [2.05, 4.69) is 5.32 Å². The van der Waals surface area contributed by atoms with Crippen LogP contribution in [0.15, 0.2) is 42.5 Å². The van der Waals surface area contributed by atoms with E-state index in [-0.39, 0.29) is 24.1 Å². The number of aryl methyl sites for hydroxylation is 2. The molecule has 1 atom stereocenters. The molecule has 0 radical (unpaired) electrons. The van der Waals surface area contributed by atoms with Crippen LogP contribution in [-0.2, 0) is 20.6 Å². The first-order valence-corrected chi connectivity index (χ1v) is 11.3. The topological polar surface area (TPSA) is 66.5 Å². The molecule has 0 unspecified atom stereocenters. The zero-order chi connectivity index (χ0) is 20.3. The number of piperidine rings is 1. The van der Waals surface area contributed by atoms with Crippen LogP contribution in [0.1, 0.15) is 35.1 Å². The fourth-order valence-electron chi connectivity index (χ4n) is 3.59. The summed E-state index contributed by atoms with van der Waals surface area (Å²) in [6.45, 7) is 6.62. The molecular weight excluding hydrogens is 372 g/mol. The van der Waals surface area contributed by atoms with Gasteiger partial charge in [0.15, 0.2) is 0 Å². The summed E-state index contributed by atoms with van der Waals surface area (Å²) in [6.07, 6.45) is 1.39. The standard InChI is InChI=1S/C22H28N2O3S/c1-16-9-6-12-21(18(16)3)23-22(25)19-11-7-13-24(14-19)28(26,27)15-20-10-5-4-8-17(20)2/h4-6,8-10,12,19H,7,11,13-15H2,1-3H3,(H,23,25)/t19-/m1/s1. The molecule has 0 saturated carbocycles. The first-order valence-electron chi connectivity index (χ1n) is 9.67. The van der Waals surface area contributed by atoms with E-state index < -0.39 is 10.0 Å². The predicted molar refractivity (Wildman–Crippen MR) is 113 cm³/mol. The molecule has 0 bridgehead atoms. The lowest BCUT2D eigenvalue weighted by Crippen LogP contribution is -2.44. The number of benzene rings is 2. The summed E-state index contributed by atoms with van der Waals surface area (Å²) in [4.78, 5) is 12.8. The van der Waals surface area contributed by atoms with Gasteiger partial charge in [-0.2, -0.15) is 0 Å². The van der Waals surface area contributed by atoms with E-state index in [0.717, 1.165) is 27.9 Å². The van der Waals surface area contributed by atoms with Gasteiger partial charge in [0, 0.05) is 18.8 Å². The number of carbonyl (C=O) groups excluding carboxylic acids is 1. The number of hydrogen-bond acceptors (Lipinski definition) is 3. The summed E-state index contributed by atoms with van der Waals surface area (Å²) in [5, 5.41) is 2.99. The van der Waals surface area contributed by atoms with Crippen molar-refractivity contribution in [1.29, 1.82) is 0 Å². The maximum Gasteiger partial charge on any atom is 0.228 e. The minimum absolute atomic E-state index is 0.0228. The number of anilines is 1. The van der Waals surface area contributed by atoms with Gasteiger partial charge in [-0.1, -0.05) is 36.4 Å². The Kier molecular flexibility index (Phi) is 6.20. The molecule has 1 fully saturated rings. The Bertz CT molecular complexity index is 969. The van der Waals surface area contributed by atoms with Crippen molar-refractivity contribution >= 4 is 21.6 Å². The van der Waals surface area contributed by atoms with E-state index in [0.29, 0.717) is 19.4 Å². The highest BCUT2D eigenvalue weighted by atomic mass is 32.2. The molecule has 1 amide bonds. The molecule has 3 rings (SSSR count). The van der Waals surface area contributed by atoms with Gasteiger partial charge in [-0.15, -0.1) is 0 Å². The van der Waals surface area contributed by atoms with Crippen LogP contribution < -0.4 is 5.32 Å². The number of amides is 1. The highest BCUT2D eigenvalue weighted by molar-refractivity contribution is 7.88. The Morgan fingerprint density at radius 1 is 1.07 bits per heavy atom. The van der Waals surface area contributed by atoms with Crippen molar-refractivity contribution in [3.8, 4) is 0 Å². The largest absolute Gasteiger partial charge is 0.326 e. The smallest absolute Gasteiger partial charge is 0.228 e. The predicted octanol–water partition coefficient (Wildman–Crippen LogP) is 3.79. The van der Waals surface area contributed by atoms with E-state index in [1.807, 2.05) is 63.2 Å². The van der Waals surface area contributed by atoms with Gasteiger partial charge >= 0.3 is 0 Å². The summed E-state index contributed by atoms with van der Waals surface area (Å²) < 4.78 is 27.3. The van der Waals surface area contributed by atoms with Gasteiger partial charge in [-0.25, -0.2) is 12.7 Å². The van der Waals surface area contributed by atoms with Crippen LogP contribution in [0.2, 0.25) is 0 Å². The molecule has 1 aliphatic rings. The van der Waals surface area contributed by atoms with Gasteiger partial charge in [0.2, 0.25) is 15.9 Å². The van der Waals surface area contributed by atoms with Crippen molar-refractivity contribution in [3.05, 3.63) is 64.7 Å².